The van der Waals surface area contributed by atoms with Crippen LogP contribution in [0.25, 0.3) is 55.3 Å². The Labute approximate surface area is 322 Å². The third-order valence-corrected chi connectivity index (χ3v) is 15.2. The van der Waals surface area contributed by atoms with E-state index < -0.39 is 0 Å². The third kappa shape index (κ3) is 3.95. The molecule has 4 saturated carbocycles. The summed E-state index contributed by atoms with van der Waals surface area (Å²) < 4.78 is 6.54. The number of furan rings is 1. The molecule has 0 aliphatic heterocycles. The number of hydrogen-bond donors (Lipinski definition) is 0. The van der Waals surface area contributed by atoms with Gasteiger partial charge in [-0.3, -0.25) is 0 Å². The summed E-state index contributed by atoms with van der Waals surface area (Å²) in [5, 5.41) is 2.30. The Hall–Kier alpha value is -5.86. The summed E-state index contributed by atoms with van der Waals surface area (Å²) in [6.07, 6.45) is 7.23. The summed E-state index contributed by atoms with van der Waals surface area (Å²) >= 11 is 0. The van der Waals surface area contributed by atoms with Crippen molar-refractivity contribution >= 4 is 39.0 Å². The molecule has 2 spiro atoms. The number of nitrogens with zero attached hydrogens (tertiary/aromatic N) is 1. The molecule has 4 fully saturated rings. The van der Waals surface area contributed by atoms with Gasteiger partial charge < -0.3 is 9.32 Å². The van der Waals surface area contributed by atoms with E-state index in [1.165, 1.54) is 71.2 Å². The Balaban J connectivity index is 1.05. The Morgan fingerprint density at radius 1 is 0.473 bits per heavy atom. The van der Waals surface area contributed by atoms with E-state index >= 15 is 0 Å². The van der Waals surface area contributed by atoms with Gasteiger partial charge >= 0.3 is 0 Å². The van der Waals surface area contributed by atoms with E-state index in [1.807, 2.05) is 0 Å². The van der Waals surface area contributed by atoms with Crippen LogP contribution in [0.4, 0.5) is 17.1 Å². The van der Waals surface area contributed by atoms with Gasteiger partial charge in [0, 0.05) is 39.2 Å². The molecular weight excluding hydrogens is 667 g/mol. The summed E-state index contributed by atoms with van der Waals surface area (Å²) in [6, 6.07) is 60.9. The molecule has 1 aromatic heterocycles. The summed E-state index contributed by atoms with van der Waals surface area (Å²) in [4.78, 5) is 2.49. The van der Waals surface area contributed by atoms with Crippen LogP contribution in [0.5, 0.6) is 0 Å². The maximum atomic E-state index is 6.54. The second-order valence-corrected chi connectivity index (χ2v) is 17.4. The van der Waals surface area contributed by atoms with Gasteiger partial charge in [0.25, 0.3) is 0 Å². The molecule has 0 saturated heterocycles. The maximum Gasteiger partial charge on any atom is 0.137 e. The summed E-state index contributed by atoms with van der Waals surface area (Å²) in [5.41, 5.74) is 16.9. The largest absolute Gasteiger partial charge is 0.456 e. The number of anilines is 3. The molecule has 0 radical (unpaired) electrons. The zero-order valence-corrected chi connectivity index (χ0v) is 30.8. The fourth-order valence-corrected chi connectivity index (χ4v) is 13.3. The van der Waals surface area contributed by atoms with Crippen LogP contribution in [0.15, 0.2) is 168 Å². The molecule has 7 aromatic carbocycles. The highest BCUT2D eigenvalue weighted by molar-refractivity contribution is 6.06. The second kappa shape index (κ2) is 10.9. The van der Waals surface area contributed by atoms with Crippen LogP contribution in [0.2, 0.25) is 0 Å². The van der Waals surface area contributed by atoms with Crippen LogP contribution >= 0.6 is 0 Å². The van der Waals surface area contributed by atoms with Gasteiger partial charge in [0.05, 0.1) is 5.69 Å². The Morgan fingerprint density at radius 2 is 1.18 bits per heavy atom. The Morgan fingerprint density at radius 3 is 2.07 bits per heavy atom. The van der Waals surface area contributed by atoms with E-state index in [0.717, 1.165) is 57.0 Å². The van der Waals surface area contributed by atoms with Crippen molar-refractivity contribution in [3.05, 3.63) is 175 Å². The van der Waals surface area contributed by atoms with E-state index in [-0.39, 0.29) is 5.41 Å². The summed E-state index contributed by atoms with van der Waals surface area (Å²) in [5.74, 6) is 3.42. The smallest absolute Gasteiger partial charge is 0.137 e. The fourth-order valence-electron chi connectivity index (χ4n) is 13.3. The average Bonchev–Trinajstić information content (AvgIpc) is 3.86. The van der Waals surface area contributed by atoms with Crippen LogP contribution < -0.4 is 4.90 Å². The zero-order chi connectivity index (χ0) is 35.9. The van der Waals surface area contributed by atoms with Crippen LogP contribution in [-0.4, -0.2) is 0 Å². The summed E-state index contributed by atoms with van der Waals surface area (Å²) in [7, 11) is 0. The predicted molar refractivity (Wildman–Crippen MR) is 225 cm³/mol. The van der Waals surface area contributed by atoms with Crippen molar-refractivity contribution in [2.45, 2.75) is 37.5 Å². The third-order valence-electron chi connectivity index (χ3n) is 15.2. The SMILES string of the molecule is c1ccc(-c2ccc(N(c3ccc4c(c3)-c3ccccc3C43C4CC5CC6CC3C6(C5)C4)c3ccc4c(c3)oc3ccccc34)c(-c3ccccc3)c2)cc1. The molecule has 8 aromatic rings. The van der Waals surface area contributed by atoms with Crippen molar-refractivity contribution in [3.63, 3.8) is 0 Å². The molecule has 2 heteroatoms. The van der Waals surface area contributed by atoms with Gasteiger partial charge in [-0.25, -0.2) is 0 Å². The Bertz CT molecular complexity index is 2850. The molecule has 0 N–H and O–H groups in total. The normalized spacial score (nSPS) is 26.3. The molecule has 2 nitrogen and oxygen atoms in total. The minimum absolute atomic E-state index is 0.153. The van der Waals surface area contributed by atoms with Crippen molar-refractivity contribution in [2.75, 3.05) is 4.90 Å². The van der Waals surface area contributed by atoms with E-state index in [2.05, 4.69) is 169 Å². The highest BCUT2D eigenvalue weighted by Crippen LogP contribution is 2.83. The molecule has 13 rings (SSSR count). The van der Waals surface area contributed by atoms with Gasteiger partial charge in [0.1, 0.15) is 11.2 Å². The lowest BCUT2D eigenvalue weighted by Crippen LogP contribution is -2.50. The molecule has 264 valence electrons. The molecule has 6 atom stereocenters. The van der Waals surface area contributed by atoms with Gasteiger partial charge in [0.15, 0.2) is 0 Å². The van der Waals surface area contributed by atoms with Crippen molar-refractivity contribution in [1.82, 2.24) is 0 Å². The Kier molecular flexibility index (Phi) is 6.03. The first-order valence-corrected chi connectivity index (χ1v) is 20.4. The lowest BCUT2D eigenvalue weighted by Gasteiger charge is -2.54. The maximum absolute atomic E-state index is 6.54. The number of fused-ring (bicyclic) bond motifs is 12. The first-order valence-electron chi connectivity index (χ1n) is 20.4. The molecule has 0 amide bonds. The highest BCUT2D eigenvalue weighted by atomic mass is 16.3. The lowest BCUT2D eigenvalue weighted by molar-refractivity contribution is -0.0193. The fraction of sp³-hybridized carbons (Fsp3) is 0.208. The van der Waals surface area contributed by atoms with Crippen molar-refractivity contribution in [1.29, 1.82) is 0 Å². The summed E-state index contributed by atoms with van der Waals surface area (Å²) in [6.45, 7) is 0. The van der Waals surface area contributed by atoms with Gasteiger partial charge in [-0.15, -0.1) is 0 Å². The topological polar surface area (TPSA) is 16.4 Å². The van der Waals surface area contributed by atoms with Crippen LogP contribution in [0.3, 0.4) is 0 Å². The van der Waals surface area contributed by atoms with E-state index in [9.17, 15) is 0 Å². The number of para-hydroxylation sites is 1. The molecule has 1 heterocycles. The highest BCUT2D eigenvalue weighted by Gasteiger charge is 2.76. The zero-order valence-electron chi connectivity index (χ0n) is 30.8. The van der Waals surface area contributed by atoms with Crippen LogP contribution in [0.1, 0.15) is 43.2 Å². The molecule has 55 heavy (non-hydrogen) atoms. The molecule has 3 bridgehead atoms. The van der Waals surface area contributed by atoms with E-state index in [4.69, 9.17) is 4.42 Å². The first kappa shape index (κ1) is 30.5. The first-order chi connectivity index (χ1) is 27.2. The molecule has 5 aliphatic rings. The predicted octanol–water partition coefficient (Wildman–Crippen LogP) is 14.1. The monoisotopic (exact) mass is 707 g/mol. The lowest BCUT2D eigenvalue weighted by atomic mass is 9.49. The quantitative estimate of drug-likeness (QED) is 0.177. The van der Waals surface area contributed by atoms with E-state index in [1.54, 1.807) is 11.1 Å². The van der Waals surface area contributed by atoms with Gasteiger partial charge in [0.2, 0.25) is 0 Å². The van der Waals surface area contributed by atoms with Gasteiger partial charge in [-0.05, 0) is 143 Å². The number of rotatable bonds is 5. The van der Waals surface area contributed by atoms with Crippen LogP contribution in [-0.2, 0) is 5.41 Å². The minimum Gasteiger partial charge on any atom is -0.456 e. The van der Waals surface area contributed by atoms with Crippen molar-refractivity contribution in [2.24, 2.45) is 29.1 Å². The molecule has 5 aliphatic carbocycles. The number of benzene rings is 7. The van der Waals surface area contributed by atoms with E-state index in [0.29, 0.717) is 5.41 Å². The molecule has 6 unspecified atom stereocenters. The van der Waals surface area contributed by atoms with Gasteiger partial charge in [-0.2, -0.15) is 0 Å². The second-order valence-electron chi connectivity index (χ2n) is 17.4. The standard InChI is InChI=1S/C53H41NO/c1-3-11-34(12-4-1)36-19-24-48(44(27-36)35-13-5-2-6-14-35)54(40-20-22-43-42-16-8-10-18-49(42)55-50(43)30-40)39-21-23-47-45(29-39)41-15-7-9-17-46(41)53(47)38-26-33-25-37-28-51(53)52(37,31-33)32-38/h1-24,27,29-30,33,37-38,51H,25-26,28,31-32H2. The average molecular weight is 708 g/mol. The van der Waals surface area contributed by atoms with Crippen LogP contribution in [0, 0.1) is 29.1 Å². The van der Waals surface area contributed by atoms with Crippen molar-refractivity contribution in [3.8, 4) is 33.4 Å². The van der Waals surface area contributed by atoms with Crippen molar-refractivity contribution < 1.29 is 4.42 Å². The number of hydrogen-bond acceptors (Lipinski definition) is 2. The minimum atomic E-state index is 0.153. The van der Waals surface area contributed by atoms with Gasteiger partial charge in [-0.1, -0.05) is 115 Å². The molecular formula is C53H41NO.